The maximum atomic E-state index is 5.60. The molecule has 0 spiro atoms. The lowest BCUT2D eigenvalue weighted by Crippen LogP contribution is -2.22. The van der Waals surface area contributed by atoms with Crippen molar-refractivity contribution in [3.05, 3.63) is 35.9 Å². The molecule has 0 saturated heterocycles. The van der Waals surface area contributed by atoms with Crippen LogP contribution in [0.4, 0.5) is 0 Å². The highest BCUT2D eigenvalue weighted by molar-refractivity contribution is 5.51. The molecule has 0 saturated carbocycles. The molecule has 1 aromatic carbocycles. The molecule has 0 aromatic heterocycles. The molecule has 1 N–H and O–H groups in total. The molecule has 1 aromatic rings. The van der Waals surface area contributed by atoms with Crippen LogP contribution in [-0.2, 0) is 0 Å². The number of nitrogens with one attached hydrogen (secondary N) is 1. The third-order valence-corrected chi connectivity index (χ3v) is 2.36. The molecule has 0 radical (unpaired) electrons. The summed E-state index contributed by atoms with van der Waals surface area (Å²) in [4.78, 5) is 0. The second kappa shape index (κ2) is 7.13. The van der Waals surface area contributed by atoms with E-state index in [2.05, 4.69) is 43.4 Å². The maximum Gasteiger partial charge on any atom is 0.119 e. The molecule has 0 amide bonds. The molecule has 1 unspecified atom stereocenters. The van der Waals surface area contributed by atoms with Crippen molar-refractivity contribution < 1.29 is 4.74 Å². The summed E-state index contributed by atoms with van der Waals surface area (Å²) in [6.07, 6.45) is 4.53. The number of hydrogen-bond donors (Lipinski definition) is 1. The normalized spacial score (nSPS) is 13.2. The molecular weight excluding hydrogens is 210 g/mol. The summed E-state index contributed by atoms with van der Waals surface area (Å²) in [6.45, 7) is 9.32. The summed E-state index contributed by atoms with van der Waals surface area (Å²) in [5.74, 6) is 0.928. The largest absolute Gasteiger partial charge is 0.491 e. The monoisotopic (exact) mass is 233 g/mol. The first kappa shape index (κ1) is 13.8. The summed E-state index contributed by atoms with van der Waals surface area (Å²) in [6, 6.07) is 8.58. The van der Waals surface area contributed by atoms with Crippen LogP contribution in [-0.4, -0.2) is 18.7 Å². The van der Waals surface area contributed by atoms with Crippen LogP contribution in [0.15, 0.2) is 30.3 Å². The van der Waals surface area contributed by atoms with Gasteiger partial charge in [0.25, 0.3) is 0 Å². The Labute approximate surface area is 105 Å². The number of hydrogen-bond acceptors (Lipinski definition) is 2. The molecule has 0 fully saturated rings. The number of ether oxygens (including phenoxy) is 1. The molecule has 1 rings (SSSR count). The average Bonchev–Trinajstić information content (AvgIpc) is 2.28. The molecule has 0 aliphatic carbocycles. The molecule has 17 heavy (non-hydrogen) atoms. The van der Waals surface area contributed by atoms with Crippen LogP contribution in [0.3, 0.4) is 0 Å². The molecule has 0 aliphatic rings. The summed E-state index contributed by atoms with van der Waals surface area (Å²) < 4.78 is 5.60. The molecule has 1 atom stereocenters. The van der Waals surface area contributed by atoms with Gasteiger partial charge in [0.05, 0.1) is 6.10 Å². The van der Waals surface area contributed by atoms with Gasteiger partial charge in [-0.3, -0.25) is 0 Å². The lowest BCUT2D eigenvalue weighted by Gasteiger charge is -2.09. The quantitative estimate of drug-likeness (QED) is 0.812. The molecule has 0 bridgehead atoms. The van der Waals surface area contributed by atoms with Crippen LogP contribution in [0.1, 0.15) is 33.3 Å². The first-order valence-corrected chi connectivity index (χ1v) is 6.30. The molecule has 2 nitrogen and oxygen atoms in total. The predicted molar refractivity (Wildman–Crippen MR) is 74.4 cm³/mol. The summed E-state index contributed by atoms with van der Waals surface area (Å²) >= 11 is 0. The van der Waals surface area contributed by atoms with Gasteiger partial charge in [-0.05, 0) is 45.0 Å². The fraction of sp³-hybridized carbons (Fsp3) is 0.467. The summed E-state index contributed by atoms with van der Waals surface area (Å²) in [5.41, 5.74) is 1.20. The van der Waals surface area contributed by atoms with E-state index in [-0.39, 0.29) is 6.10 Å². The van der Waals surface area contributed by atoms with E-state index in [0.717, 1.165) is 12.3 Å². The maximum absolute atomic E-state index is 5.60. The lowest BCUT2D eigenvalue weighted by atomic mass is 10.1. The zero-order valence-electron chi connectivity index (χ0n) is 11.2. The molecule has 0 heterocycles. The Morgan fingerprint density at radius 3 is 2.35 bits per heavy atom. The zero-order chi connectivity index (χ0) is 12.7. The van der Waals surface area contributed by atoms with E-state index in [0.29, 0.717) is 6.04 Å². The van der Waals surface area contributed by atoms with Crippen molar-refractivity contribution in [2.45, 2.75) is 39.8 Å². The second-order valence-corrected chi connectivity index (χ2v) is 4.44. The van der Waals surface area contributed by atoms with Crippen molar-refractivity contribution in [2.24, 2.45) is 0 Å². The highest BCUT2D eigenvalue weighted by Gasteiger charge is 1.97. The van der Waals surface area contributed by atoms with Gasteiger partial charge >= 0.3 is 0 Å². The van der Waals surface area contributed by atoms with Gasteiger partial charge in [0, 0.05) is 6.04 Å². The first-order valence-electron chi connectivity index (χ1n) is 6.30. The van der Waals surface area contributed by atoms with Crippen LogP contribution < -0.4 is 10.1 Å². The van der Waals surface area contributed by atoms with Crippen LogP contribution in [0, 0.1) is 0 Å². The van der Waals surface area contributed by atoms with Gasteiger partial charge in [0.1, 0.15) is 5.75 Å². The lowest BCUT2D eigenvalue weighted by molar-refractivity contribution is 0.242. The van der Waals surface area contributed by atoms with E-state index >= 15 is 0 Å². The average molecular weight is 233 g/mol. The standard InChI is InChI=1S/C15H23NO/c1-5-16-13(4)6-7-14-8-10-15(11-9-14)17-12(2)3/h6-13,16H,5H2,1-4H3/b7-6+. The van der Waals surface area contributed by atoms with E-state index in [1.807, 2.05) is 26.0 Å². The number of benzene rings is 1. The van der Waals surface area contributed by atoms with Crippen molar-refractivity contribution in [2.75, 3.05) is 6.54 Å². The third kappa shape index (κ3) is 5.55. The van der Waals surface area contributed by atoms with Crippen molar-refractivity contribution in [1.29, 1.82) is 0 Å². The van der Waals surface area contributed by atoms with Crippen LogP contribution in [0.25, 0.3) is 6.08 Å². The van der Waals surface area contributed by atoms with Crippen LogP contribution >= 0.6 is 0 Å². The Morgan fingerprint density at radius 2 is 1.82 bits per heavy atom. The Hall–Kier alpha value is -1.28. The van der Waals surface area contributed by atoms with E-state index in [9.17, 15) is 0 Å². The molecular formula is C15H23NO. The minimum atomic E-state index is 0.227. The van der Waals surface area contributed by atoms with Gasteiger partial charge in [-0.2, -0.15) is 0 Å². The molecule has 0 aliphatic heterocycles. The molecule has 94 valence electrons. The highest BCUT2D eigenvalue weighted by Crippen LogP contribution is 2.14. The van der Waals surface area contributed by atoms with Crippen molar-refractivity contribution in [1.82, 2.24) is 5.32 Å². The predicted octanol–water partition coefficient (Wildman–Crippen LogP) is 3.49. The summed E-state index contributed by atoms with van der Waals surface area (Å²) in [7, 11) is 0. The first-order chi connectivity index (χ1) is 8.11. The number of rotatable bonds is 6. The van der Waals surface area contributed by atoms with Gasteiger partial charge < -0.3 is 10.1 Å². The van der Waals surface area contributed by atoms with E-state index in [1.165, 1.54) is 5.56 Å². The van der Waals surface area contributed by atoms with E-state index in [4.69, 9.17) is 4.74 Å². The fourth-order valence-electron chi connectivity index (χ4n) is 1.58. The van der Waals surface area contributed by atoms with Gasteiger partial charge in [-0.15, -0.1) is 0 Å². The summed E-state index contributed by atoms with van der Waals surface area (Å²) in [5, 5.41) is 3.34. The molecule has 2 heteroatoms. The Balaban J connectivity index is 2.56. The van der Waals surface area contributed by atoms with Crippen molar-refractivity contribution >= 4 is 6.08 Å². The van der Waals surface area contributed by atoms with E-state index in [1.54, 1.807) is 0 Å². The van der Waals surface area contributed by atoms with Gasteiger partial charge in [-0.25, -0.2) is 0 Å². The second-order valence-electron chi connectivity index (χ2n) is 4.44. The Bertz CT molecular complexity index is 340. The minimum absolute atomic E-state index is 0.227. The Kier molecular flexibility index (Phi) is 5.78. The van der Waals surface area contributed by atoms with Crippen LogP contribution in [0.2, 0.25) is 0 Å². The van der Waals surface area contributed by atoms with Crippen LogP contribution in [0.5, 0.6) is 5.75 Å². The number of likely N-dealkylation sites (N-methyl/N-ethyl adjacent to an activating group) is 1. The highest BCUT2D eigenvalue weighted by atomic mass is 16.5. The van der Waals surface area contributed by atoms with Gasteiger partial charge in [-0.1, -0.05) is 31.2 Å². The fourth-order valence-corrected chi connectivity index (χ4v) is 1.58. The third-order valence-electron chi connectivity index (χ3n) is 2.36. The van der Waals surface area contributed by atoms with Crippen molar-refractivity contribution in [3.8, 4) is 5.75 Å². The van der Waals surface area contributed by atoms with Crippen molar-refractivity contribution in [3.63, 3.8) is 0 Å². The SMILES string of the molecule is CCNC(C)/C=C/c1ccc(OC(C)C)cc1. The van der Waals surface area contributed by atoms with Gasteiger partial charge in [0.15, 0.2) is 0 Å². The smallest absolute Gasteiger partial charge is 0.119 e. The topological polar surface area (TPSA) is 21.3 Å². The Morgan fingerprint density at radius 1 is 1.18 bits per heavy atom. The minimum Gasteiger partial charge on any atom is -0.491 e. The van der Waals surface area contributed by atoms with Gasteiger partial charge in [0.2, 0.25) is 0 Å². The van der Waals surface area contributed by atoms with E-state index < -0.39 is 0 Å². The zero-order valence-corrected chi connectivity index (χ0v) is 11.2.